The van der Waals surface area contributed by atoms with Gasteiger partial charge in [0.05, 0.1) is 36.9 Å². The molecule has 196 valence electrons. The molecule has 1 aromatic heterocycles. The van der Waals surface area contributed by atoms with E-state index in [9.17, 15) is 19.1 Å². The largest absolute Gasteiger partial charge is 0.497 e. The Morgan fingerprint density at radius 3 is 2.70 bits per heavy atom. The smallest absolute Gasteiger partial charge is 0.414 e. The van der Waals surface area contributed by atoms with Crippen molar-refractivity contribution in [1.82, 2.24) is 9.55 Å². The summed E-state index contributed by atoms with van der Waals surface area (Å²) in [4.78, 5) is 31.2. The zero-order chi connectivity index (χ0) is 26.3. The zero-order valence-electron chi connectivity index (χ0n) is 21.4. The number of aromatic nitrogens is 2. The third-order valence-corrected chi connectivity index (χ3v) is 7.79. The maximum Gasteiger partial charge on any atom is 0.414 e. The van der Waals surface area contributed by atoms with E-state index in [0.717, 1.165) is 59.4 Å². The van der Waals surface area contributed by atoms with Gasteiger partial charge in [0.15, 0.2) is 0 Å². The first-order valence-electron chi connectivity index (χ1n) is 12.8. The molecule has 1 aliphatic carbocycles. The van der Waals surface area contributed by atoms with Crippen LogP contribution in [0.4, 0.5) is 14.9 Å². The second kappa shape index (κ2) is 10.0. The van der Waals surface area contributed by atoms with Crippen LogP contribution in [-0.4, -0.2) is 47.0 Å². The Labute approximate surface area is 215 Å². The highest BCUT2D eigenvalue weighted by Gasteiger charge is 2.34. The molecular formula is C28H32FN3O5. The van der Waals surface area contributed by atoms with Gasteiger partial charge in [-0.15, -0.1) is 0 Å². The quantitative estimate of drug-likeness (QED) is 0.488. The highest BCUT2D eigenvalue weighted by Crippen LogP contribution is 2.41. The Kier molecular flexibility index (Phi) is 6.79. The summed E-state index contributed by atoms with van der Waals surface area (Å²) in [5.41, 5.74) is 4.19. The van der Waals surface area contributed by atoms with E-state index >= 15 is 0 Å². The number of carbonyl (C=O) groups is 2. The normalized spacial score (nSPS) is 21.5. The van der Waals surface area contributed by atoms with Crippen molar-refractivity contribution in [2.45, 2.75) is 64.0 Å². The number of imidazole rings is 1. The SMILES string of the molecule is COC(=O)N1c2ccc3c(nc(Cc4cc(F)cc(OC)c4)n3[C@@H]3CCC[C@@H](C(=O)O)C3)c2CC[C@@H]1C. The van der Waals surface area contributed by atoms with Crippen LogP contribution in [-0.2, 0) is 22.4 Å². The van der Waals surface area contributed by atoms with E-state index in [0.29, 0.717) is 25.0 Å². The molecule has 5 rings (SSSR count). The maximum absolute atomic E-state index is 14.3. The van der Waals surface area contributed by atoms with Crippen LogP contribution in [0.25, 0.3) is 11.0 Å². The van der Waals surface area contributed by atoms with E-state index in [1.54, 1.807) is 11.0 Å². The second-order valence-corrected chi connectivity index (χ2v) is 10.1. The van der Waals surface area contributed by atoms with Crippen molar-refractivity contribution in [2.75, 3.05) is 19.1 Å². The molecule has 1 aliphatic heterocycles. The molecule has 37 heavy (non-hydrogen) atoms. The molecule has 3 atom stereocenters. The van der Waals surface area contributed by atoms with Gasteiger partial charge in [-0.3, -0.25) is 9.69 Å². The molecular weight excluding hydrogens is 477 g/mol. The van der Waals surface area contributed by atoms with Crippen molar-refractivity contribution in [1.29, 1.82) is 0 Å². The molecule has 9 heteroatoms. The zero-order valence-corrected chi connectivity index (χ0v) is 21.4. The molecule has 1 fully saturated rings. The maximum atomic E-state index is 14.3. The third kappa shape index (κ3) is 4.63. The van der Waals surface area contributed by atoms with Gasteiger partial charge in [-0.25, -0.2) is 14.2 Å². The van der Waals surface area contributed by atoms with Crippen LogP contribution < -0.4 is 9.64 Å². The van der Waals surface area contributed by atoms with Crippen molar-refractivity contribution in [2.24, 2.45) is 5.92 Å². The van der Waals surface area contributed by atoms with E-state index in [-0.39, 0.29) is 17.9 Å². The summed E-state index contributed by atoms with van der Waals surface area (Å²) in [6, 6.07) is 8.47. The summed E-state index contributed by atoms with van der Waals surface area (Å²) >= 11 is 0. The summed E-state index contributed by atoms with van der Waals surface area (Å²) in [6.07, 6.45) is 4.32. The first-order chi connectivity index (χ1) is 17.8. The summed E-state index contributed by atoms with van der Waals surface area (Å²) in [5, 5.41) is 9.72. The number of aryl methyl sites for hydroxylation is 1. The lowest BCUT2D eigenvalue weighted by atomic mass is 9.85. The van der Waals surface area contributed by atoms with Crippen molar-refractivity contribution < 1.29 is 28.6 Å². The van der Waals surface area contributed by atoms with Gasteiger partial charge in [-0.2, -0.15) is 0 Å². The molecule has 0 bridgehead atoms. The van der Waals surface area contributed by atoms with Gasteiger partial charge in [0.25, 0.3) is 0 Å². The van der Waals surface area contributed by atoms with Crippen LogP contribution in [0, 0.1) is 11.7 Å². The Morgan fingerprint density at radius 1 is 1.16 bits per heavy atom. The highest BCUT2D eigenvalue weighted by molar-refractivity contribution is 5.95. The first kappa shape index (κ1) is 25.0. The fraction of sp³-hybridized carbons (Fsp3) is 0.464. The van der Waals surface area contributed by atoms with Crippen LogP contribution in [0.3, 0.4) is 0 Å². The summed E-state index contributed by atoms with van der Waals surface area (Å²) in [6.45, 7) is 2.00. The van der Waals surface area contributed by atoms with Gasteiger partial charge in [0.1, 0.15) is 17.4 Å². The van der Waals surface area contributed by atoms with Crippen LogP contribution >= 0.6 is 0 Å². The van der Waals surface area contributed by atoms with Crippen LogP contribution in [0.1, 0.15) is 62.0 Å². The number of rotatable bonds is 5. The molecule has 0 spiro atoms. The van der Waals surface area contributed by atoms with E-state index < -0.39 is 18.0 Å². The van der Waals surface area contributed by atoms with Crippen molar-refractivity contribution >= 4 is 28.8 Å². The van der Waals surface area contributed by atoms with Crippen LogP contribution in [0.15, 0.2) is 30.3 Å². The average Bonchev–Trinajstić information content (AvgIpc) is 3.25. The number of benzene rings is 2. The minimum absolute atomic E-state index is 0.00613. The number of methoxy groups -OCH3 is 2. The van der Waals surface area contributed by atoms with Crippen LogP contribution in [0.5, 0.6) is 5.75 Å². The number of halogens is 1. The van der Waals surface area contributed by atoms with Crippen molar-refractivity contribution in [3.05, 3.63) is 53.1 Å². The number of carboxylic acid groups (broad SMARTS) is 1. The Balaban J connectivity index is 1.66. The molecule has 3 aromatic rings. The molecule has 0 unspecified atom stereocenters. The van der Waals surface area contributed by atoms with E-state index in [1.165, 1.54) is 26.4 Å². The summed E-state index contributed by atoms with van der Waals surface area (Å²) in [7, 11) is 2.88. The fourth-order valence-corrected chi connectivity index (χ4v) is 6.00. The molecule has 1 amide bonds. The molecule has 1 N–H and O–H groups in total. The monoisotopic (exact) mass is 509 g/mol. The molecule has 2 heterocycles. The van der Waals surface area contributed by atoms with E-state index in [2.05, 4.69) is 4.57 Å². The Hall–Kier alpha value is -3.62. The topological polar surface area (TPSA) is 93.9 Å². The van der Waals surface area contributed by atoms with Gasteiger partial charge < -0.3 is 19.1 Å². The minimum Gasteiger partial charge on any atom is -0.497 e. The molecule has 0 radical (unpaired) electrons. The molecule has 8 nitrogen and oxygen atoms in total. The number of hydrogen-bond acceptors (Lipinski definition) is 5. The van der Waals surface area contributed by atoms with Crippen molar-refractivity contribution in [3.63, 3.8) is 0 Å². The number of amides is 1. The Bertz CT molecular complexity index is 1350. The number of anilines is 1. The fourth-order valence-electron chi connectivity index (χ4n) is 6.00. The van der Waals surface area contributed by atoms with Gasteiger partial charge in [0.2, 0.25) is 0 Å². The van der Waals surface area contributed by atoms with Crippen LogP contribution in [0.2, 0.25) is 0 Å². The number of aliphatic carboxylic acids is 1. The molecule has 2 aliphatic rings. The number of hydrogen-bond donors (Lipinski definition) is 1. The number of carboxylic acids is 1. The highest BCUT2D eigenvalue weighted by atomic mass is 19.1. The standard InChI is InChI=1S/C28H32FN3O5/c1-16-7-8-22-23(31(16)28(35)37-3)9-10-24-26(22)30-25(13-17-11-19(29)15-21(12-17)36-2)32(24)20-6-4-5-18(14-20)27(33)34/h9-12,15-16,18,20H,4-8,13-14H2,1-3H3,(H,33,34)/t16-,18+,20+/m0/s1. The summed E-state index contributed by atoms with van der Waals surface area (Å²) < 4.78 is 26.8. The van der Waals surface area contributed by atoms with Gasteiger partial charge in [-0.05, 0) is 68.9 Å². The number of carbonyl (C=O) groups excluding carboxylic acids is 1. The van der Waals surface area contributed by atoms with Gasteiger partial charge in [0, 0.05) is 30.1 Å². The average molecular weight is 510 g/mol. The van der Waals surface area contributed by atoms with E-state index in [4.69, 9.17) is 14.5 Å². The second-order valence-electron chi connectivity index (χ2n) is 10.1. The Morgan fingerprint density at radius 2 is 1.97 bits per heavy atom. The lowest BCUT2D eigenvalue weighted by molar-refractivity contribution is -0.143. The van der Waals surface area contributed by atoms with E-state index in [1.807, 2.05) is 19.1 Å². The first-order valence-corrected chi connectivity index (χ1v) is 12.8. The predicted octanol–water partition coefficient (Wildman–Crippen LogP) is 5.50. The molecule has 2 aromatic carbocycles. The predicted molar refractivity (Wildman–Crippen MR) is 137 cm³/mol. The number of fused-ring (bicyclic) bond motifs is 3. The minimum atomic E-state index is -0.773. The number of ether oxygens (including phenoxy) is 2. The lowest BCUT2D eigenvalue weighted by Crippen LogP contribution is -2.42. The van der Waals surface area contributed by atoms with Gasteiger partial charge >= 0.3 is 12.1 Å². The van der Waals surface area contributed by atoms with Crippen molar-refractivity contribution in [3.8, 4) is 5.75 Å². The number of nitrogens with zero attached hydrogens (tertiary/aromatic N) is 3. The molecule has 1 saturated carbocycles. The summed E-state index contributed by atoms with van der Waals surface area (Å²) in [5.74, 6) is -0.394. The molecule has 0 saturated heterocycles. The van der Waals surface area contributed by atoms with Gasteiger partial charge in [-0.1, -0.05) is 6.42 Å². The third-order valence-electron chi connectivity index (χ3n) is 7.79. The lowest BCUT2D eigenvalue weighted by Gasteiger charge is -2.34.